The molecule has 3 heterocycles. The van der Waals surface area contributed by atoms with Gasteiger partial charge in [0.15, 0.2) is 0 Å². The van der Waals surface area contributed by atoms with Crippen molar-refractivity contribution in [3.63, 3.8) is 0 Å². The van der Waals surface area contributed by atoms with Gasteiger partial charge in [-0.1, -0.05) is 0 Å². The van der Waals surface area contributed by atoms with Crippen LogP contribution in [-0.2, 0) is 30.4 Å². The molecule has 170 valence electrons. The summed E-state index contributed by atoms with van der Waals surface area (Å²) >= 11 is 0. The average Bonchev–Trinajstić information content (AvgIpc) is 3.09. The number of nitrogens with one attached hydrogen (secondary N) is 1. The number of hydrogen-bond acceptors (Lipinski definition) is 5. The van der Waals surface area contributed by atoms with Crippen LogP contribution in [0.2, 0.25) is 0 Å². The number of benzene rings is 1. The molecule has 1 aliphatic heterocycles. The SMILES string of the molecule is Cc1nnc2n1C[C@H](NC(=O)Cc1nn(C(C)C)c3cc(C(F)(F)F)ccc3c1=O)CC2. The molecule has 2 aromatic heterocycles. The van der Waals surface area contributed by atoms with Crippen molar-refractivity contribution in [2.45, 2.75) is 64.8 Å². The highest BCUT2D eigenvalue weighted by Gasteiger charge is 2.31. The fourth-order valence-corrected chi connectivity index (χ4v) is 3.99. The van der Waals surface area contributed by atoms with Crippen LogP contribution in [0.3, 0.4) is 0 Å². The number of amides is 1. The smallest absolute Gasteiger partial charge is 0.351 e. The number of alkyl halides is 3. The van der Waals surface area contributed by atoms with Crippen molar-refractivity contribution in [3.05, 3.63) is 51.3 Å². The standard InChI is InChI=1S/C21H23F3N6O2/c1-11(2)30-17-8-13(21(22,23)24)4-6-15(17)20(32)16(28-30)9-19(31)25-14-5-7-18-27-26-12(3)29(18)10-14/h4,6,8,11,14H,5,7,9-10H2,1-3H3,(H,25,31)/t14-/m1/s1. The van der Waals surface area contributed by atoms with Gasteiger partial charge in [0.2, 0.25) is 11.3 Å². The van der Waals surface area contributed by atoms with Crippen LogP contribution in [0.4, 0.5) is 13.2 Å². The minimum absolute atomic E-state index is 0.000403. The van der Waals surface area contributed by atoms with E-state index in [9.17, 15) is 22.8 Å². The van der Waals surface area contributed by atoms with Gasteiger partial charge in [-0.05, 0) is 45.4 Å². The Balaban J connectivity index is 1.60. The Morgan fingerprint density at radius 2 is 2.03 bits per heavy atom. The summed E-state index contributed by atoms with van der Waals surface area (Å²) in [7, 11) is 0. The Labute approximate surface area is 181 Å². The summed E-state index contributed by atoms with van der Waals surface area (Å²) in [6.45, 7) is 5.89. The van der Waals surface area contributed by atoms with Crippen molar-refractivity contribution in [3.8, 4) is 0 Å². The molecule has 1 atom stereocenters. The molecule has 11 heteroatoms. The number of nitrogens with zero attached hydrogens (tertiary/aromatic N) is 5. The van der Waals surface area contributed by atoms with E-state index < -0.39 is 17.2 Å². The molecule has 1 aromatic carbocycles. The van der Waals surface area contributed by atoms with Gasteiger partial charge in [-0.25, -0.2) is 0 Å². The summed E-state index contributed by atoms with van der Waals surface area (Å²) in [4.78, 5) is 25.6. The van der Waals surface area contributed by atoms with Crippen LogP contribution in [0.1, 0.15) is 49.2 Å². The number of hydrogen-bond donors (Lipinski definition) is 1. The molecular weight excluding hydrogens is 425 g/mol. The molecule has 0 spiro atoms. The first-order valence-corrected chi connectivity index (χ1v) is 10.3. The van der Waals surface area contributed by atoms with E-state index in [4.69, 9.17) is 0 Å². The van der Waals surface area contributed by atoms with Gasteiger partial charge in [0.25, 0.3) is 0 Å². The summed E-state index contributed by atoms with van der Waals surface area (Å²) in [5, 5.41) is 15.4. The lowest BCUT2D eigenvalue weighted by Crippen LogP contribution is -2.42. The van der Waals surface area contributed by atoms with Crippen molar-refractivity contribution < 1.29 is 18.0 Å². The zero-order chi connectivity index (χ0) is 23.2. The third-order valence-corrected chi connectivity index (χ3v) is 5.62. The number of fused-ring (bicyclic) bond motifs is 2. The molecule has 1 aliphatic rings. The minimum Gasteiger partial charge on any atom is -0.351 e. The maximum absolute atomic E-state index is 13.1. The molecule has 0 radical (unpaired) electrons. The quantitative estimate of drug-likeness (QED) is 0.662. The lowest BCUT2D eigenvalue weighted by atomic mass is 10.1. The highest BCUT2D eigenvalue weighted by Crippen LogP contribution is 2.31. The Hall–Kier alpha value is -3.24. The highest BCUT2D eigenvalue weighted by atomic mass is 19.4. The lowest BCUT2D eigenvalue weighted by Gasteiger charge is -2.25. The molecule has 0 saturated heterocycles. The molecule has 3 aromatic rings. The number of rotatable bonds is 4. The van der Waals surface area contributed by atoms with Crippen molar-refractivity contribution in [2.75, 3.05) is 0 Å². The van der Waals surface area contributed by atoms with E-state index in [1.54, 1.807) is 13.8 Å². The molecule has 0 bridgehead atoms. The molecule has 0 fully saturated rings. The van der Waals surface area contributed by atoms with Crippen LogP contribution in [0, 0.1) is 6.92 Å². The molecule has 4 rings (SSSR count). The van der Waals surface area contributed by atoms with Gasteiger partial charge < -0.3 is 9.88 Å². The number of aromatic nitrogens is 5. The molecule has 0 saturated carbocycles. The second kappa shape index (κ2) is 8.03. The topological polar surface area (TPSA) is 94.7 Å². The average molecular weight is 448 g/mol. The van der Waals surface area contributed by atoms with Crippen LogP contribution in [0.15, 0.2) is 23.0 Å². The van der Waals surface area contributed by atoms with Gasteiger partial charge in [-0.3, -0.25) is 14.3 Å². The van der Waals surface area contributed by atoms with Gasteiger partial charge in [0, 0.05) is 30.4 Å². The van der Waals surface area contributed by atoms with E-state index in [1.807, 2.05) is 11.5 Å². The number of carbonyl (C=O) groups excluding carboxylic acids is 1. The minimum atomic E-state index is -4.53. The number of halogens is 3. The normalized spacial score (nSPS) is 16.4. The number of carbonyl (C=O) groups is 1. The fourth-order valence-electron chi connectivity index (χ4n) is 3.99. The summed E-state index contributed by atoms with van der Waals surface area (Å²) in [5.74, 6) is 1.28. The highest BCUT2D eigenvalue weighted by molar-refractivity contribution is 5.82. The molecule has 8 nitrogen and oxygen atoms in total. The Morgan fingerprint density at radius 3 is 2.72 bits per heavy atom. The van der Waals surface area contributed by atoms with E-state index in [2.05, 4.69) is 20.6 Å². The Bertz CT molecular complexity index is 1240. The van der Waals surface area contributed by atoms with E-state index in [0.29, 0.717) is 19.4 Å². The van der Waals surface area contributed by atoms with Crippen LogP contribution in [-0.4, -0.2) is 36.5 Å². The fraction of sp³-hybridized carbons (Fsp3) is 0.476. The summed E-state index contributed by atoms with van der Waals surface area (Å²) in [6.07, 6.45) is -3.41. The van der Waals surface area contributed by atoms with Crippen molar-refractivity contribution >= 4 is 16.8 Å². The van der Waals surface area contributed by atoms with Gasteiger partial charge in [0.1, 0.15) is 17.3 Å². The second-order valence-corrected chi connectivity index (χ2v) is 8.30. The van der Waals surface area contributed by atoms with Crippen molar-refractivity contribution in [2.24, 2.45) is 0 Å². The molecule has 0 aliphatic carbocycles. The Kier molecular flexibility index (Phi) is 5.51. The largest absolute Gasteiger partial charge is 0.416 e. The Morgan fingerprint density at radius 1 is 1.28 bits per heavy atom. The summed E-state index contributed by atoms with van der Waals surface area (Å²) in [5.41, 5.74) is -1.30. The predicted octanol–water partition coefficient (Wildman–Crippen LogP) is 2.57. The molecular formula is C21H23F3N6O2. The first-order chi connectivity index (χ1) is 15.0. The van der Waals surface area contributed by atoms with E-state index >= 15 is 0 Å². The molecule has 32 heavy (non-hydrogen) atoms. The first kappa shape index (κ1) is 22.0. The maximum atomic E-state index is 13.1. The van der Waals surface area contributed by atoms with Gasteiger partial charge in [-0.15, -0.1) is 10.2 Å². The zero-order valence-corrected chi connectivity index (χ0v) is 17.9. The predicted molar refractivity (Wildman–Crippen MR) is 110 cm³/mol. The molecule has 0 unspecified atom stereocenters. The zero-order valence-electron chi connectivity index (χ0n) is 17.9. The van der Waals surface area contributed by atoms with Crippen LogP contribution in [0.25, 0.3) is 10.9 Å². The maximum Gasteiger partial charge on any atom is 0.416 e. The third kappa shape index (κ3) is 4.11. The third-order valence-electron chi connectivity index (χ3n) is 5.62. The van der Waals surface area contributed by atoms with Crippen LogP contribution in [0.5, 0.6) is 0 Å². The van der Waals surface area contributed by atoms with Crippen molar-refractivity contribution in [1.82, 2.24) is 29.9 Å². The van der Waals surface area contributed by atoms with E-state index in [-0.39, 0.29) is 41.0 Å². The monoisotopic (exact) mass is 448 g/mol. The molecule has 1 amide bonds. The van der Waals surface area contributed by atoms with Crippen LogP contribution < -0.4 is 10.7 Å². The van der Waals surface area contributed by atoms with E-state index in [1.165, 1.54) is 4.68 Å². The lowest BCUT2D eigenvalue weighted by molar-refractivity contribution is -0.137. The van der Waals surface area contributed by atoms with Crippen LogP contribution >= 0.6 is 0 Å². The second-order valence-electron chi connectivity index (χ2n) is 8.30. The number of aryl methyl sites for hydroxylation is 2. The van der Waals surface area contributed by atoms with Gasteiger partial charge in [0.05, 0.1) is 17.5 Å². The van der Waals surface area contributed by atoms with E-state index in [0.717, 1.165) is 29.8 Å². The van der Waals surface area contributed by atoms with Crippen molar-refractivity contribution in [1.29, 1.82) is 0 Å². The summed E-state index contributed by atoms with van der Waals surface area (Å²) < 4.78 is 42.8. The van der Waals surface area contributed by atoms with Gasteiger partial charge in [-0.2, -0.15) is 18.3 Å². The van der Waals surface area contributed by atoms with Gasteiger partial charge >= 0.3 is 6.18 Å². The molecule has 1 N–H and O–H groups in total. The summed E-state index contributed by atoms with van der Waals surface area (Å²) in [6, 6.07) is 2.51. The first-order valence-electron chi connectivity index (χ1n) is 10.3.